The molecule has 0 saturated heterocycles. The van der Waals surface area contributed by atoms with Crippen LogP contribution in [0.1, 0.15) is 32.6 Å². The second kappa shape index (κ2) is 4.17. The van der Waals surface area contributed by atoms with E-state index in [-0.39, 0.29) is 5.54 Å². The van der Waals surface area contributed by atoms with E-state index in [0.717, 1.165) is 38.5 Å². The maximum Gasteiger partial charge on any atom is 0.0611 e. The summed E-state index contributed by atoms with van der Waals surface area (Å²) in [5, 5.41) is 3.63. The van der Waals surface area contributed by atoms with Crippen LogP contribution >= 0.6 is 0 Å². The summed E-state index contributed by atoms with van der Waals surface area (Å²) in [4.78, 5) is 0. The Morgan fingerprint density at radius 3 is 2.64 bits per heavy atom. The smallest absolute Gasteiger partial charge is 0.0611 e. The predicted octanol–water partition coefficient (Wildman–Crippen LogP) is 0.882. The molecule has 0 aromatic heterocycles. The molecule has 0 aromatic carbocycles. The average molecular weight is 198 g/mol. The van der Waals surface area contributed by atoms with Crippen molar-refractivity contribution in [1.29, 1.82) is 0 Å². The lowest BCUT2D eigenvalue weighted by atomic mass is 9.74. The van der Waals surface area contributed by atoms with E-state index in [1.54, 1.807) is 0 Å². The third-order valence-corrected chi connectivity index (χ3v) is 3.49. The highest BCUT2D eigenvalue weighted by molar-refractivity contribution is 5.03. The summed E-state index contributed by atoms with van der Waals surface area (Å²) in [6.45, 7) is 4.80. The van der Waals surface area contributed by atoms with Crippen LogP contribution in [0.15, 0.2) is 0 Å². The van der Waals surface area contributed by atoms with Gasteiger partial charge in [0.25, 0.3) is 0 Å². The van der Waals surface area contributed by atoms with E-state index >= 15 is 0 Å². The van der Waals surface area contributed by atoms with Crippen LogP contribution in [-0.4, -0.2) is 31.3 Å². The lowest BCUT2D eigenvalue weighted by Crippen LogP contribution is -2.62. The average Bonchev–Trinajstić information content (AvgIpc) is 2.92. The Balaban J connectivity index is 1.69. The Kier molecular flexibility index (Phi) is 3.10. The minimum atomic E-state index is 0.211. The van der Waals surface area contributed by atoms with Gasteiger partial charge in [0.2, 0.25) is 0 Å². The van der Waals surface area contributed by atoms with Crippen LogP contribution < -0.4 is 11.1 Å². The van der Waals surface area contributed by atoms with Crippen LogP contribution in [0, 0.1) is 5.92 Å². The van der Waals surface area contributed by atoms with E-state index in [2.05, 4.69) is 12.2 Å². The molecule has 0 amide bonds. The minimum absolute atomic E-state index is 0.211. The third-order valence-electron chi connectivity index (χ3n) is 3.49. The zero-order valence-electron chi connectivity index (χ0n) is 9.09. The van der Waals surface area contributed by atoms with Gasteiger partial charge in [-0.25, -0.2) is 0 Å². The fraction of sp³-hybridized carbons (Fsp3) is 1.00. The SMILES string of the molecule is CCOC1CC(CN)(NCC2CC2)C1. The predicted molar refractivity (Wildman–Crippen MR) is 57.2 cm³/mol. The molecule has 0 atom stereocenters. The van der Waals surface area contributed by atoms with Crippen LogP contribution in [-0.2, 0) is 4.74 Å². The van der Waals surface area contributed by atoms with Gasteiger partial charge in [-0.15, -0.1) is 0 Å². The molecule has 0 spiro atoms. The summed E-state index contributed by atoms with van der Waals surface area (Å²) >= 11 is 0. The first-order chi connectivity index (χ1) is 6.78. The van der Waals surface area contributed by atoms with Gasteiger partial charge >= 0.3 is 0 Å². The van der Waals surface area contributed by atoms with Crippen molar-refractivity contribution < 1.29 is 4.74 Å². The van der Waals surface area contributed by atoms with Gasteiger partial charge < -0.3 is 15.8 Å². The number of nitrogens with two attached hydrogens (primary N) is 1. The molecule has 3 nitrogen and oxygen atoms in total. The Hall–Kier alpha value is -0.120. The van der Waals surface area contributed by atoms with E-state index < -0.39 is 0 Å². The van der Waals surface area contributed by atoms with E-state index in [1.165, 1.54) is 12.8 Å². The summed E-state index contributed by atoms with van der Waals surface area (Å²) in [6, 6.07) is 0. The van der Waals surface area contributed by atoms with Gasteiger partial charge in [-0.3, -0.25) is 0 Å². The van der Waals surface area contributed by atoms with Gasteiger partial charge in [0.15, 0.2) is 0 Å². The van der Waals surface area contributed by atoms with Gasteiger partial charge in [0.1, 0.15) is 0 Å². The number of hydrogen-bond acceptors (Lipinski definition) is 3. The molecule has 0 radical (unpaired) electrons. The second-order valence-corrected chi connectivity index (χ2v) is 4.79. The molecule has 0 unspecified atom stereocenters. The summed E-state index contributed by atoms with van der Waals surface area (Å²) in [5.41, 5.74) is 6.03. The highest BCUT2D eigenvalue weighted by Crippen LogP contribution is 2.35. The van der Waals surface area contributed by atoms with Gasteiger partial charge in [-0.2, -0.15) is 0 Å². The first kappa shape index (κ1) is 10.4. The quantitative estimate of drug-likeness (QED) is 0.666. The Labute approximate surface area is 86.4 Å². The number of ether oxygens (including phenoxy) is 1. The van der Waals surface area contributed by atoms with Crippen molar-refractivity contribution in [2.24, 2.45) is 11.7 Å². The Morgan fingerprint density at radius 2 is 2.14 bits per heavy atom. The maximum absolute atomic E-state index is 5.82. The molecular weight excluding hydrogens is 176 g/mol. The molecule has 0 aromatic rings. The zero-order chi connectivity index (χ0) is 10.0. The van der Waals surface area contributed by atoms with E-state index in [1.807, 2.05) is 0 Å². The van der Waals surface area contributed by atoms with E-state index in [4.69, 9.17) is 10.5 Å². The van der Waals surface area contributed by atoms with Crippen molar-refractivity contribution in [3.05, 3.63) is 0 Å². The van der Waals surface area contributed by atoms with Crippen molar-refractivity contribution in [3.63, 3.8) is 0 Å². The van der Waals surface area contributed by atoms with Crippen LogP contribution in [0.25, 0.3) is 0 Å². The van der Waals surface area contributed by atoms with E-state index in [9.17, 15) is 0 Å². The van der Waals surface area contributed by atoms with Gasteiger partial charge in [-0.05, 0) is 45.1 Å². The molecule has 2 aliphatic carbocycles. The first-order valence-corrected chi connectivity index (χ1v) is 5.85. The molecule has 0 aliphatic heterocycles. The van der Waals surface area contributed by atoms with Crippen LogP contribution in [0.2, 0.25) is 0 Å². The fourth-order valence-electron chi connectivity index (χ4n) is 2.23. The summed E-state index contributed by atoms with van der Waals surface area (Å²) < 4.78 is 5.56. The topological polar surface area (TPSA) is 47.3 Å². The molecule has 2 rings (SSSR count). The van der Waals surface area contributed by atoms with Gasteiger partial charge in [-0.1, -0.05) is 0 Å². The fourth-order valence-corrected chi connectivity index (χ4v) is 2.23. The summed E-state index contributed by atoms with van der Waals surface area (Å²) in [5.74, 6) is 0.935. The lowest BCUT2D eigenvalue weighted by molar-refractivity contribution is -0.0477. The summed E-state index contributed by atoms with van der Waals surface area (Å²) in [7, 11) is 0. The van der Waals surface area contributed by atoms with Crippen molar-refractivity contribution in [1.82, 2.24) is 5.32 Å². The molecular formula is C11H22N2O. The summed E-state index contributed by atoms with van der Waals surface area (Å²) in [6.07, 6.45) is 5.47. The first-order valence-electron chi connectivity index (χ1n) is 5.85. The Morgan fingerprint density at radius 1 is 1.43 bits per heavy atom. The van der Waals surface area contributed by atoms with Crippen LogP contribution in [0.3, 0.4) is 0 Å². The van der Waals surface area contributed by atoms with Crippen molar-refractivity contribution in [2.45, 2.75) is 44.2 Å². The number of rotatable bonds is 6. The highest BCUT2D eigenvalue weighted by atomic mass is 16.5. The monoisotopic (exact) mass is 198 g/mol. The molecule has 0 heterocycles. The van der Waals surface area contributed by atoms with Gasteiger partial charge in [0, 0.05) is 18.7 Å². The molecule has 2 fully saturated rings. The molecule has 14 heavy (non-hydrogen) atoms. The van der Waals surface area contributed by atoms with Crippen molar-refractivity contribution in [2.75, 3.05) is 19.7 Å². The van der Waals surface area contributed by atoms with Crippen molar-refractivity contribution >= 4 is 0 Å². The standard InChI is InChI=1S/C11H22N2O/c1-2-14-10-5-11(6-10,8-12)13-7-9-3-4-9/h9-10,13H,2-8,12H2,1H3. The zero-order valence-corrected chi connectivity index (χ0v) is 9.09. The number of nitrogens with one attached hydrogen (secondary N) is 1. The van der Waals surface area contributed by atoms with Crippen LogP contribution in [0.4, 0.5) is 0 Å². The van der Waals surface area contributed by atoms with Crippen molar-refractivity contribution in [3.8, 4) is 0 Å². The second-order valence-electron chi connectivity index (χ2n) is 4.79. The highest BCUT2D eigenvalue weighted by Gasteiger charge is 2.44. The molecule has 3 heteroatoms. The van der Waals surface area contributed by atoms with E-state index in [0.29, 0.717) is 6.10 Å². The number of hydrogen-bond donors (Lipinski definition) is 2. The minimum Gasteiger partial charge on any atom is -0.378 e. The molecule has 3 N–H and O–H groups in total. The lowest BCUT2D eigenvalue weighted by Gasteiger charge is -2.47. The molecule has 2 saturated carbocycles. The van der Waals surface area contributed by atoms with Crippen LogP contribution in [0.5, 0.6) is 0 Å². The third kappa shape index (κ3) is 2.27. The molecule has 0 bridgehead atoms. The maximum atomic E-state index is 5.82. The Bertz CT molecular complexity index is 186. The van der Waals surface area contributed by atoms with Gasteiger partial charge in [0.05, 0.1) is 6.10 Å². The normalized spacial score (nSPS) is 36.9. The largest absolute Gasteiger partial charge is 0.378 e. The molecule has 82 valence electrons. The molecule has 2 aliphatic rings.